The number of carbonyl (C=O) groups is 2. The molecule has 0 radical (unpaired) electrons. The van der Waals surface area contributed by atoms with Crippen LogP contribution in [-0.4, -0.2) is 46.7 Å². The standard InChI is InChI=1S/C17H22N2O4/c1-12-5-4-6-14(9-12)23-11-13(20)10-19-15(21)17(18-16(19)22)7-2-3-8-17/h4-6,9,13,20H,2-3,7-8,10-11H2,1H3,(H,18,22)/t13-/m0/s1. The van der Waals surface area contributed by atoms with Crippen molar-refractivity contribution in [1.29, 1.82) is 0 Å². The largest absolute Gasteiger partial charge is 0.491 e. The molecule has 2 fully saturated rings. The Morgan fingerprint density at radius 2 is 2.09 bits per heavy atom. The molecule has 0 unspecified atom stereocenters. The monoisotopic (exact) mass is 318 g/mol. The SMILES string of the molecule is Cc1cccc(OC[C@@H](O)CN2C(=O)NC3(CCCC3)C2=O)c1. The van der Waals surface area contributed by atoms with Gasteiger partial charge in [0.2, 0.25) is 0 Å². The van der Waals surface area contributed by atoms with E-state index < -0.39 is 17.7 Å². The summed E-state index contributed by atoms with van der Waals surface area (Å²) in [4.78, 5) is 25.6. The van der Waals surface area contributed by atoms with Crippen LogP contribution in [-0.2, 0) is 4.79 Å². The Morgan fingerprint density at radius 1 is 1.35 bits per heavy atom. The lowest BCUT2D eigenvalue weighted by Crippen LogP contribution is -2.45. The second kappa shape index (κ2) is 6.20. The van der Waals surface area contributed by atoms with Gasteiger partial charge in [0.1, 0.15) is 24.0 Å². The number of aliphatic hydroxyl groups is 1. The van der Waals surface area contributed by atoms with Gasteiger partial charge in [0.15, 0.2) is 0 Å². The Labute approximate surface area is 135 Å². The number of ether oxygens (including phenoxy) is 1. The highest BCUT2D eigenvalue weighted by molar-refractivity contribution is 6.07. The molecule has 3 rings (SSSR count). The van der Waals surface area contributed by atoms with Crippen LogP contribution in [0.1, 0.15) is 31.2 Å². The Morgan fingerprint density at radius 3 is 2.78 bits per heavy atom. The molecule has 1 aliphatic heterocycles. The number of β-amino-alcohol motifs (C(OH)–C–C–N with tert-alkyl or cyclic N) is 1. The fraction of sp³-hybridized carbons (Fsp3) is 0.529. The van der Waals surface area contributed by atoms with Crippen molar-refractivity contribution in [2.45, 2.75) is 44.2 Å². The molecule has 0 aromatic heterocycles. The van der Waals surface area contributed by atoms with Gasteiger partial charge in [-0.2, -0.15) is 0 Å². The predicted octanol–water partition coefficient (Wildman–Crippen LogP) is 1.60. The van der Waals surface area contributed by atoms with E-state index in [-0.39, 0.29) is 19.1 Å². The Balaban J connectivity index is 1.56. The fourth-order valence-corrected chi connectivity index (χ4v) is 3.32. The number of imide groups is 1. The number of amides is 3. The zero-order valence-electron chi connectivity index (χ0n) is 13.2. The zero-order chi connectivity index (χ0) is 16.4. The van der Waals surface area contributed by atoms with Crippen molar-refractivity contribution in [3.8, 4) is 5.75 Å². The highest BCUT2D eigenvalue weighted by atomic mass is 16.5. The number of hydrogen-bond acceptors (Lipinski definition) is 4. The molecule has 1 aromatic carbocycles. The maximum Gasteiger partial charge on any atom is 0.325 e. The molecule has 3 amide bonds. The van der Waals surface area contributed by atoms with Crippen LogP contribution in [0.2, 0.25) is 0 Å². The molecule has 1 saturated heterocycles. The fourth-order valence-electron chi connectivity index (χ4n) is 3.32. The minimum atomic E-state index is -0.915. The number of aliphatic hydroxyl groups excluding tert-OH is 1. The molecular weight excluding hydrogens is 296 g/mol. The van der Waals surface area contributed by atoms with Crippen LogP contribution in [0.25, 0.3) is 0 Å². The topological polar surface area (TPSA) is 78.9 Å². The number of nitrogens with one attached hydrogen (secondary N) is 1. The van der Waals surface area contributed by atoms with E-state index in [1.54, 1.807) is 6.07 Å². The molecule has 124 valence electrons. The second-order valence-electron chi connectivity index (χ2n) is 6.42. The minimum Gasteiger partial charge on any atom is -0.491 e. The first kappa shape index (κ1) is 15.8. The van der Waals surface area contributed by atoms with Gasteiger partial charge in [-0.05, 0) is 37.5 Å². The van der Waals surface area contributed by atoms with Crippen LogP contribution in [0.15, 0.2) is 24.3 Å². The van der Waals surface area contributed by atoms with E-state index in [9.17, 15) is 14.7 Å². The molecule has 23 heavy (non-hydrogen) atoms. The van der Waals surface area contributed by atoms with Gasteiger partial charge < -0.3 is 15.2 Å². The van der Waals surface area contributed by atoms with E-state index in [1.807, 2.05) is 25.1 Å². The van der Waals surface area contributed by atoms with Crippen LogP contribution in [0.5, 0.6) is 5.75 Å². The van der Waals surface area contributed by atoms with Gasteiger partial charge in [-0.25, -0.2) is 4.79 Å². The Hall–Kier alpha value is -2.08. The van der Waals surface area contributed by atoms with E-state index in [4.69, 9.17) is 4.74 Å². The van der Waals surface area contributed by atoms with Gasteiger partial charge in [-0.1, -0.05) is 25.0 Å². The first-order valence-electron chi connectivity index (χ1n) is 8.02. The summed E-state index contributed by atoms with van der Waals surface area (Å²) in [5.41, 5.74) is 0.336. The van der Waals surface area contributed by atoms with Crippen LogP contribution in [0, 0.1) is 6.92 Å². The average Bonchev–Trinajstić information content (AvgIpc) is 3.07. The highest BCUT2D eigenvalue weighted by Gasteiger charge is 2.52. The molecule has 1 aliphatic carbocycles. The van der Waals surface area contributed by atoms with E-state index >= 15 is 0 Å². The average molecular weight is 318 g/mol. The Kier molecular flexibility index (Phi) is 4.26. The summed E-state index contributed by atoms with van der Waals surface area (Å²) in [6.07, 6.45) is 2.34. The lowest BCUT2D eigenvalue weighted by atomic mass is 9.98. The summed E-state index contributed by atoms with van der Waals surface area (Å²) in [6.45, 7) is 1.95. The molecule has 1 saturated carbocycles. The number of urea groups is 1. The summed E-state index contributed by atoms with van der Waals surface area (Å²) in [7, 11) is 0. The molecule has 2 aliphatic rings. The van der Waals surface area contributed by atoms with Crippen LogP contribution < -0.4 is 10.1 Å². The van der Waals surface area contributed by atoms with E-state index in [2.05, 4.69) is 5.32 Å². The molecule has 1 aromatic rings. The van der Waals surface area contributed by atoms with Crippen LogP contribution in [0.3, 0.4) is 0 Å². The second-order valence-corrected chi connectivity index (χ2v) is 6.42. The number of rotatable bonds is 5. The molecular formula is C17H22N2O4. The van der Waals surface area contributed by atoms with Crippen molar-refractivity contribution in [3.63, 3.8) is 0 Å². The lowest BCUT2D eigenvalue weighted by molar-refractivity contribution is -0.132. The van der Waals surface area contributed by atoms with Crippen molar-refractivity contribution in [3.05, 3.63) is 29.8 Å². The third kappa shape index (κ3) is 3.17. The molecule has 0 bridgehead atoms. The van der Waals surface area contributed by atoms with Gasteiger partial charge >= 0.3 is 6.03 Å². The quantitative estimate of drug-likeness (QED) is 0.808. The predicted molar refractivity (Wildman–Crippen MR) is 84.1 cm³/mol. The summed E-state index contributed by atoms with van der Waals surface area (Å²) in [5.74, 6) is 0.447. The molecule has 1 spiro atoms. The smallest absolute Gasteiger partial charge is 0.325 e. The summed E-state index contributed by atoms with van der Waals surface area (Å²) >= 11 is 0. The highest BCUT2D eigenvalue weighted by Crippen LogP contribution is 2.35. The molecule has 2 N–H and O–H groups in total. The van der Waals surface area contributed by atoms with Gasteiger partial charge in [0.25, 0.3) is 5.91 Å². The van der Waals surface area contributed by atoms with Gasteiger partial charge in [0, 0.05) is 0 Å². The van der Waals surface area contributed by atoms with Crippen molar-refractivity contribution >= 4 is 11.9 Å². The van der Waals surface area contributed by atoms with Crippen LogP contribution >= 0.6 is 0 Å². The lowest BCUT2D eigenvalue weighted by Gasteiger charge is -2.21. The van der Waals surface area contributed by atoms with E-state index in [0.717, 1.165) is 23.3 Å². The number of aryl methyl sites for hydroxylation is 1. The third-order valence-corrected chi connectivity index (χ3v) is 4.53. The van der Waals surface area contributed by atoms with Crippen molar-refractivity contribution in [1.82, 2.24) is 10.2 Å². The summed E-state index contributed by atoms with van der Waals surface area (Å²) in [5, 5.41) is 12.9. The number of hydrogen-bond donors (Lipinski definition) is 2. The summed E-state index contributed by atoms with van der Waals surface area (Å²) < 4.78 is 5.53. The Bertz CT molecular complexity index is 610. The first-order valence-corrected chi connectivity index (χ1v) is 8.02. The maximum atomic E-state index is 12.5. The normalized spacial score (nSPS) is 20.9. The van der Waals surface area contributed by atoms with Gasteiger partial charge in [0.05, 0.1) is 6.54 Å². The maximum absolute atomic E-state index is 12.5. The molecule has 6 nitrogen and oxygen atoms in total. The first-order chi connectivity index (χ1) is 11.0. The minimum absolute atomic E-state index is 0.0352. The van der Waals surface area contributed by atoms with E-state index in [1.165, 1.54) is 0 Å². The van der Waals surface area contributed by atoms with Crippen molar-refractivity contribution in [2.24, 2.45) is 0 Å². The number of carbonyl (C=O) groups excluding carboxylic acids is 2. The zero-order valence-corrected chi connectivity index (χ0v) is 13.2. The van der Waals surface area contributed by atoms with Crippen molar-refractivity contribution in [2.75, 3.05) is 13.2 Å². The van der Waals surface area contributed by atoms with Crippen molar-refractivity contribution < 1.29 is 19.4 Å². The van der Waals surface area contributed by atoms with Gasteiger partial charge in [-0.3, -0.25) is 9.69 Å². The summed E-state index contributed by atoms with van der Waals surface area (Å²) in [6, 6.07) is 7.09. The van der Waals surface area contributed by atoms with E-state index in [0.29, 0.717) is 18.6 Å². The molecule has 6 heteroatoms. The van der Waals surface area contributed by atoms with Crippen LogP contribution in [0.4, 0.5) is 4.79 Å². The number of nitrogens with zero attached hydrogens (tertiary/aromatic N) is 1. The molecule has 1 heterocycles. The molecule has 1 atom stereocenters. The van der Waals surface area contributed by atoms with Gasteiger partial charge in [-0.15, -0.1) is 0 Å². The number of benzene rings is 1. The third-order valence-electron chi connectivity index (χ3n) is 4.53.